The molecule has 88 valence electrons. The molecule has 0 unspecified atom stereocenters. The Bertz CT molecular complexity index is 431. The number of hydrogen-bond donors (Lipinski definition) is 2. The molecule has 1 amide bonds. The summed E-state index contributed by atoms with van der Waals surface area (Å²) in [6, 6.07) is 1.48. The smallest absolute Gasteiger partial charge is 0.400 e. The molecule has 1 aromatic carbocycles. The summed E-state index contributed by atoms with van der Waals surface area (Å²) >= 11 is 0. The summed E-state index contributed by atoms with van der Waals surface area (Å²) in [6.07, 6.45) is -5.11. The van der Waals surface area contributed by atoms with E-state index in [4.69, 9.17) is 11.5 Å². The Morgan fingerprint density at radius 3 is 2.31 bits per heavy atom. The topological polar surface area (TPSA) is 78.3 Å². The lowest BCUT2D eigenvalue weighted by atomic mass is 10.1. The monoisotopic (exact) mass is 238 g/mol. The maximum atomic E-state index is 13.0. The van der Waals surface area contributed by atoms with Gasteiger partial charge in [0.15, 0.2) is 11.6 Å². The van der Waals surface area contributed by atoms with Crippen LogP contribution in [0.5, 0.6) is 5.75 Å². The Morgan fingerprint density at radius 2 is 1.88 bits per heavy atom. The molecule has 16 heavy (non-hydrogen) atoms. The molecule has 0 spiro atoms. The second-order valence-corrected chi connectivity index (χ2v) is 2.75. The van der Waals surface area contributed by atoms with Crippen LogP contribution in [-0.2, 0) is 0 Å². The molecule has 0 fully saturated rings. The molecule has 8 heteroatoms. The van der Waals surface area contributed by atoms with Crippen molar-refractivity contribution in [2.75, 3.05) is 5.73 Å². The predicted molar refractivity (Wildman–Crippen MR) is 46.0 cm³/mol. The normalized spacial score (nSPS) is 11.2. The number of primary amides is 1. The van der Waals surface area contributed by atoms with Gasteiger partial charge in [0, 0.05) is 0 Å². The van der Waals surface area contributed by atoms with Crippen LogP contribution < -0.4 is 16.2 Å². The van der Waals surface area contributed by atoms with Gasteiger partial charge in [-0.05, 0) is 12.1 Å². The minimum absolute atomic E-state index is 0.444. The number of carbonyl (C=O) groups is 1. The molecule has 1 rings (SSSR count). The first-order valence-electron chi connectivity index (χ1n) is 3.86. The molecule has 0 aliphatic rings. The van der Waals surface area contributed by atoms with Crippen LogP contribution in [-0.4, -0.2) is 12.3 Å². The van der Waals surface area contributed by atoms with E-state index in [2.05, 4.69) is 4.74 Å². The van der Waals surface area contributed by atoms with Gasteiger partial charge in [-0.15, -0.1) is 13.2 Å². The molecule has 0 heterocycles. The van der Waals surface area contributed by atoms with Crippen molar-refractivity contribution in [2.24, 2.45) is 5.73 Å². The lowest BCUT2D eigenvalue weighted by Gasteiger charge is -2.13. The molecule has 0 aromatic heterocycles. The first kappa shape index (κ1) is 12.1. The van der Waals surface area contributed by atoms with Crippen molar-refractivity contribution in [3.63, 3.8) is 0 Å². The number of nitrogens with two attached hydrogens (primary N) is 2. The van der Waals surface area contributed by atoms with Gasteiger partial charge in [-0.2, -0.15) is 0 Å². The number of carbonyl (C=O) groups excluding carboxylic acids is 1. The fourth-order valence-corrected chi connectivity index (χ4v) is 1.01. The number of amides is 1. The largest absolute Gasteiger partial charge is 0.573 e. The van der Waals surface area contributed by atoms with Gasteiger partial charge in [0.25, 0.3) is 5.91 Å². The van der Waals surface area contributed by atoms with Gasteiger partial charge in [0.2, 0.25) is 0 Å². The first-order valence-corrected chi connectivity index (χ1v) is 3.86. The molecule has 0 aliphatic heterocycles. The van der Waals surface area contributed by atoms with Crippen molar-refractivity contribution in [1.82, 2.24) is 0 Å². The van der Waals surface area contributed by atoms with Crippen molar-refractivity contribution in [3.8, 4) is 5.75 Å². The number of benzene rings is 1. The van der Waals surface area contributed by atoms with Crippen molar-refractivity contribution in [1.29, 1.82) is 0 Å². The average molecular weight is 238 g/mol. The van der Waals surface area contributed by atoms with Crippen LogP contribution in [0.3, 0.4) is 0 Å². The van der Waals surface area contributed by atoms with Gasteiger partial charge in [-0.25, -0.2) is 4.39 Å². The summed E-state index contributed by atoms with van der Waals surface area (Å²) in [4.78, 5) is 10.7. The summed E-state index contributed by atoms with van der Waals surface area (Å²) in [5.74, 6) is -3.67. The van der Waals surface area contributed by atoms with E-state index in [1.165, 1.54) is 0 Å². The second kappa shape index (κ2) is 3.87. The van der Waals surface area contributed by atoms with Crippen molar-refractivity contribution >= 4 is 11.6 Å². The number of alkyl halides is 3. The van der Waals surface area contributed by atoms with E-state index in [1.807, 2.05) is 0 Å². The van der Waals surface area contributed by atoms with Gasteiger partial charge in [-0.3, -0.25) is 4.79 Å². The number of anilines is 1. The number of ether oxygens (including phenoxy) is 1. The average Bonchev–Trinajstić information content (AvgIpc) is 2.10. The van der Waals surface area contributed by atoms with E-state index in [0.29, 0.717) is 6.07 Å². The number of rotatable bonds is 2. The number of hydrogen-bond acceptors (Lipinski definition) is 3. The minimum Gasteiger partial charge on any atom is -0.400 e. The molecule has 0 atom stereocenters. The van der Waals surface area contributed by atoms with E-state index in [-0.39, 0.29) is 0 Å². The second-order valence-electron chi connectivity index (χ2n) is 2.75. The predicted octanol–water partition coefficient (Wildman–Crippen LogP) is 1.41. The van der Waals surface area contributed by atoms with Crippen molar-refractivity contribution in [3.05, 3.63) is 23.5 Å². The highest BCUT2D eigenvalue weighted by Gasteiger charge is 2.34. The van der Waals surface area contributed by atoms with E-state index in [1.54, 1.807) is 0 Å². The molecule has 0 aliphatic carbocycles. The van der Waals surface area contributed by atoms with Crippen LogP contribution in [0.2, 0.25) is 0 Å². The van der Waals surface area contributed by atoms with Crippen LogP contribution >= 0.6 is 0 Å². The van der Waals surface area contributed by atoms with Gasteiger partial charge in [-0.1, -0.05) is 0 Å². The zero-order chi connectivity index (χ0) is 12.5. The number of halogens is 4. The third-order valence-electron chi connectivity index (χ3n) is 1.63. The highest BCUT2D eigenvalue weighted by atomic mass is 19.4. The standard InChI is InChI=1S/C8H6F4N2O2/c9-4-2-1-3(7(14)15)5(13)6(4)16-8(10,11)12/h1-2H,13H2,(H2,14,15). The van der Waals surface area contributed by atoms with E-state index >= 15 is 0 Å². The van der Waals surface area contributed by atoms with E-state index in [0.717, 1.165) is 6.07 Å². The Labute approximate surface area is 86.8 Å². The Balaban J connectivity index is 3.27. The molecule has 4 N–H and O–H groups in total. The highest BCUT2D eigenvalue weighted by molar-refractivity contribution is 5.99. The summed E-state index contributed by atoms with van der Waals surface area (Å²) in [6.45, 7) is 0. The van der Waals surface area contributed by atoms with Crippen LogP contribution in [0.1, 0.15) is 10.4 Å². The Hall–Kier alpha value is -1.99. The quantitative estimate of drug-likeness (QED) is 0.603. The lowest BCUT2D eigenvalue weighted by molar-refractivity contribution is -0.275. The summed E-state index contributed by atoms with van der Waals surface area (Å²) < 4.78 is 51.9. The van der Waals surface area contributed by atoms with Crippen LogP contribution in [0.15, 0.2) is 12.1 Å². The zero-order valence-electron chi connectivity index (χ0n) is 7.64. The fourth-order valence-electron chi connectivity index (χ4n) is 1.01. The maximum Gasteiger partial charge on any atom is 0.573 e. The van der Waals surface area contributed by atoms with Gasteiger partial charge < -0.3 is 16.2 Å². The Kier molecular flexibility index (Phi) is 2.92. The first-order chi connectivity index (χ1) is 7.22. The Morgan fingerprint density at radius 1 is 1.31 bits per heavy atom. The summed E-state index contributed by atoms with van der Waals surface area (Å²) in [5, 5.41) is 0. The lowest BCUT2D eigenvalue weighted by Crippen LogP contribution is -2.21. The van der Waals surface area contributed by atoms with E-state index in [9.17, 15) is 22.4 Å². The number of nitrogen functional groups attached to an aromatic ring is 1. The van der Waals surface area contributed by atoms with E-state index < -0.39 is 35.1 Å². The molecule has 0 radical (unpaired) electrons. The van der Waals surface area contributed by atoms with Gasteiger partial charge >= 0.3 is 6.36 Å². The molecule has 0 saturated heterocycles. The molecule has 0 saturated carbocycles. The van der Waals surface area contributed by atoms with Crippen molar-refractivity contribution in [2.45, 2.75) is 6.36 Å². The van der Waals surface area contributed by atoms with Crippen LogP contribution in [0.4, 0.5) is 23.2 Å². The molecular formula is C8H6F4N2O2. The van der Waals surface area contributed by atoms with Gasteiger partial charge in [0.05, 0.1) is 11.3 Å². The summed E-state index contributed by atoms with van der Waals surface area (Å²) in [5.41, 5.74) is 8.71. The molecular weight excluding hydrogens is 232 g/mol. The third-order valence-corrected chi connectivity index (χ3v) is 1.63. The van der Waals surface area contributed by atoms with Crippen molar-refractivity contribution < 1.29 is 27.1 Å². The van der Waals surface area contributed by atoms with Crippen LogP contribution in [0, 0.1) is 5.82 Å². The molecule has 4 nitrogen and oxygen atoms in total. The molecule has 1 aromatic rings. The third kappa shape index (κ3) is 2.53. The fraction of sp³-hybridized carbons (Fsp3) is 0.125. The zero-order valence-corrected chi connectivity index (χ0v) is 7.64. The SMILES string of the molecule is NC(=O)c1ccc(F)c(OC(F)(F)F)c1N. The van der Waals surface area contributed by atoms with Gasteiger partial charge in [0.1, 0.15) is 0 Å². The molecule has 0 bridgehead atoms. The summed E-state index contributed by atoms with van der Waals surface area (Å²) in [7, 11) is 0. The highest BCUT2D eigenvalue weighted by Crippen LogP contribution is 2.33. The minimum atomic E-state index is -5.11. The van der Waals surface area contributed by atoms with Crippen LogP contribution in [0.25, 0.3) is 0 Å². The maximum absolute atomic E-state index is 13.0.